The molecular formula is C28H29NO4. The van der Waals surface area contributed by atoms with E-state index in [1.54, 1.807) is 24.3 Å². The lowest BCUT2D eigenvalue weighted by Gasteiger charge is -2.45. The lowest BCUT2D eigenvalue weighted by molar-refractivity contribution is 0.0155. The van der Waals surface area contributed by atoms with Gasteiger partial charge in [0, 0.05) is 42.0 Å². The van der Waals surface area contributed by atoms with Gasteiger partial charge in [-0.05, 0) is 5.56 Å². The molecular weight excluding hydrogens is 414 g/mol. The van der Waals surface area contributed by atoms with Gasteiger partial charge >= 0.3 is 0 Å². The molecule has 1 heterocycles. The molecule has 2 atom stereocenters. The van der Waals surface area contributed by atoms with E-state index in [2.05, 4.69) is 0 Å². The summed E-state index contributed by atoms with van der Waals surface area (Å²) in [6.45, 7) is 0.227. The fourth-order valence-electron chi connectivity index (χ4n) is 4.94. The highest BCUT2D eigenvalue weighted by molar-refractivity contribution is 6.02. The second-order valence-electron chi connectivity index (χ2n) is 8.58. The first kappa shape index (κ1) is 23.1. The van der Waals surface area contributed by atoms with E-state index in [4.69, 9.17) is 0 Å². The van der Waals surface area contributed by atoms with E-state index in [9.17, 15) is 19.8 Å². The molecule has 170 valence electrons. The second-order valence-corrected chi connectivity index (χ2v) is 8.58. The normalized spacial score (nSPS) is 21.1. The molecule has 0 bridgehead atoms. The van der Waals surface area contributed by atoms with Crippen molar-refractivity contribution in [1.29, 1.82) is 0 Å². The smallest absolute Gasteiger partial charge is 0.167 e. The third-order valence-corrected chi connectivity index (χ3v) is 6.64. The molecule has 33 heavy (non-hydrogen) atoms. The summed E-state index contributed by atoms with van der Waals surface area (Å²) in [5, 5.41) is 19.7. The molecule has 2 N–H and O–H groups in total. The number of aliphatic hydroxyl groups is 2. The summed E-state index contributed by atoms with van der Waals surface area (Å²) in [6.07, 6.45) is 0. The summed E-state index contributed by atoms with van der Waals surface area (Å²) in [5.41, 5.74) is 2.15. The van der Waals surface area contributed by atoms with Gasteiger partial charge in [0.25, 0.3) is 0 Å². The number of carbonyl (C=O) groups excluding carboxylic acids is 2. The molecule has 1 fully saturated rings. The molecule has 1 saturated heterocycles. The van der Waals surface area contributed by atoms with Crippen LogP contribution in [0.2, 0.25) is 0 Å². The quantitative estimate of drug-likeness (QED) is 0.522. The largest absolute Gasteiger partial charge is 0.395 e. The molecule has 1 aliphatic rings. The lowest BCUT2D eigenvalue weighted by atomic mass is 9.68. The lowest BCUT2D eigenvalue weighted by Crippen LogP contribution is -2.55. The maximum atomic E-state index is 13.8. The van der Waals surface area contributed by atoms with Crippen LogP contribution in [-0.4, -0.2) is 59.0 Å². The van der Waals surface area contributed by atoms with Crippen LogP contribution in [0.25, 0.3) is 0 Å². The molecule has 5 nitrogen and oxygen atoms in total. The van der Waals surface area contributed by atoms with Crippen molar-refractivity contribution in [2.24, 2.45) is 11.8 Å². The van der Waals surface area contributed by atoms with Gasteiger partial charge in [0.15, 0.2) is 11.6 Å². The SMILES string of the molecule is O=C(c1ccccc1)C1CN(C(CO)CO)CC(C(=O)c2ccccc2)C1c1ccccc1. The Balaban J connectivity index is 1.81. The number of aliphatic hydroxyl groups excluding tert-OH is 2. The molecule has 3 aromatic rings. The first-order valence-electron chi connectivity index (χ1n) is 11.3. The number of likely N-dealkylation sites (tertiary alicyclic amines) is 1. The molecule has 0 saturated carbocycles. The van der Waals surface area contributed by atoms with Gasteiger partial charge in [-0.3, -0.25) is 14.5 Å². The molecule has 0 aliphatic carbocycles. The van der Waals surface area contributed by atoms with Crippen molar-refractivity contribution >= 4 is 11.6 Å². The minimum atomic E-state index is -0.529. The standard InChI is InChI=1S/C28H29NO4/c30-18-23(19-31)29-16-24(27(32)21-12-6-2-7-13-21)26(20-10-4-1-5-11-20)25(17-29)28(33)22-14-8-3-9-15-22/h1-15,23-26,30-31H,16-19H2. The number of piperidine rings is 1. The monoisotopic (exact) mass is 443 g/mol. The van der Waals surface area contributed by atoms with Crippen LogP contribution in [0.1, 0.15) is 32.2 Å². The number of Topliss-reactive ketones (excluding diaryl/α,β-unsaturated/α-hetero) is 2. The van der Waals surface area contributed by atoms with Crippen molar-refractivity contribution in [3.8, 4) is 0 Å². The first-order chi connectivity index (χ1) is 16.1. The number of benzene rings is 3. The van der Waals surface area contributed by atoms with Gasteiger partial charge in [0.1, 0.15) is 0 Å². The molecule has 5 heteroatoms. The number of nitrogens with zero attached hydrogens (tertiary/aromatic N) is 1. The van der Waals surface area contributed by atoms with Crippen LogP contribution >= 0.6 is 0 Å². The Morgan fingerprint density at radius 1 is 0.697 bits per heavy atom. The van der Waals surface area contributed by atoms with Gasteiger partial charge in [0.2, 0.25) is 0 Å². The Morgan fingerprint density at radius 2 is 1.09 bits per heavy atom. The van der Waals surface area contributed by atoms with Crippen LogP contribution in [0.5, 0.6) is 0 Å². The Labute approximate surface area is 194 Å². The molecule has 3 aromatic carbocycles. The van der Waals surface area contributed by atoms with E-state index in [0.717, 1.165) is 5.56 Å². The fourth-order valence-corrected chi connectivity index (χ4v) is 4.94. The van der Waals surface area contributed by atoms with Crippen LogP contribution < -0.4 is 0 Å². The van der Waals surface area contributed by atoms with E-state index in [1.165, 1.54) is 0 Å². The third kappa shape index (κ3) is 4.96. The zero-order valence-electron chi connectivity index (χ0n) is 18.5. The molecule has 0 aromatic heterocycles. The minimum absolute atomic E-state index is 0.0327. The topological polar surface area (TPSA) is 77.8 Å². The first-order valence-corrected chi connectivity index (χ1v) is 11.3. The molecule has 0 radical (unpaired) electrons. The summed E-state index contributed by atoms with van der Waals surface area (Å²) in [4.78, 5) is 29.4. The summed E-state index contributed by atoms with van der Waals surface area (Å²) in [6, 6.07) is 27.5. The predicted molar refractivity (Wildman–Crippen MR) is 127 cm³/mol. The van der Waals surface area contributed by atoms with Crippen LogP contribution in [0.3, 0.4) is 0 Å². The van der Waals surface area contributed by atoms with E-state index in [-0.39, 0.29) is 30.7 Å². The van der Waals surface area contributed by atoms with Crippen molar-refractivity contribution in [2.45, 2.75) is 12.0 Å². The van der Waals surface area contributed by atoms with Gasteiger partial charge in [-0.1, -0.05) is 91.0 Å². The summed E-state index contributed by atoms with van der Waals surface area (Å²) >= 11 is 0. The molecule has 0 spiro atoms. The Morgan fingerprint density at radius 3 is 1.48 bits per heavy atom. The Kier molecular flexibility index (Phi) is 7.45. The Bertz CT molecular complexity index is 990. The van der Waals surface area contributed by atoms with Gasteiger partial charge in [0.05, 0.1) is 19.3 Å². The number of hydrogen-bond acceptors (Lipinski definition) is 5. The van der Waals surface area contributed by atoms with Gasteiger partial charge < -0.3 is 10.2 Å². The van der Waals surface area contributed by atoms with Crippen LogP contribution in [0, 0.1) is 11.8 Å². The van der Waals surface area contributed by atoms with Crippen molar-refractivity contribution in [3.63, 3.8) is 0 Å². The summed E-state index contributed by atoms with van der Waals surface area (Å²) in [7, 11) is 0. The van der Waals surface area contributed by atoms with Gasteiger partial charge in [-0.2, -0.15) is 0 Å². The maximum absolute atomic E-state index is 13.8. The minimum Gasteiger partial charge on any atom is -0.395 e. The highest BCUT2D eigenvalue weighted by Crippen LogP contribution is 2.41. The van der Waals surface area contributed by atoms with Crippen LogP contribution in [-0.2, 0) is 0 Å². The predicted octanol–water partition coefficient (Wildman–Crippen LogP) is 3.44. The molecule has 2 unspecified atom stereocenters. The summed E-state index contributed by atoms with van der Waals surface area (Å²) in [5.74, 6) is -1.38. The van der Waals surface area contributed by atoms with Crippen molar-refractivity contribution in [2.75, 3.05) is 26.3 Å². The molecule has 0 amide bonds. The van der Waals surface area contributed by atoms with Crippen molar-refractivity contribution in [1.82, 2.24) is 4.90 Å². The van der Waals surface area contributed by atoms with E-state index in [1.807, 2.05) is 71.6 Å². The average Bonchev–Trinajstić information content (AvgIpc) is 2.89. The fraction of sp³-hybridized carbons (Fsp3) is 0.286. The van der Waals surface area contributed by atoms with Gasteiger partial charge in [-0.25, -0.2) is 0 Å². The zero-order valence-corrected chi connectivity index (χ0v) is 18.5. The highest BCUT2D eigenvalue weighted by Gasteiger charge is 2.45. The molecule has 1 aliphatic heterocycles. The maximum Gasteiger partial charge on any atom is 0.167 e. The van der Waals surface area contributed by atoms with E-state index < -0.39 is 17.9 Å². The van der Waals surface area contributed by atoms with E-state index in [0.29, 0.717) is 24.2 Å². The number of ketones is 2. The highest BCUT2D eigenvalue weighted by atomic mass is 16.3. The zero-order chi connectivity index (χ0) is 23.2. The number of hydrogen-bond donors (Lipinski definition) is 2. The van der Waals surface area contributed by atoms with E-state index >= 15 is 0 Å². The number of rotatable bonds is 8. The van der Waals surface area contributed by atoms with Crippen LogP contribution in [0.4, 0.5) is 0 Å². The van der Waals surface area contributed by atoms with Gasteiger partial charge in [-0.15, -0.1) is 0 Å². The summed E-state index contributed by atoms with van der Waals surface area (Å²) < 4.78 is 0. The van der Waals surface area contributed by atoms with Crippen molar-refractivity contribution in [3.05, 3.63) is 108 Å². The molecule has 4 rings (SSSR count). The van der Waals surface area contributed by atoms with Crippen molar-refractivity contribution < 1.29 is 19.8 Å². The van der Waals surface area contributed by atoms with Crippen LogP contribution in [0.15, 0.2) is 91.0 Å². The Hall–Kier alpha value is -3.12. The second kappa shape index (κ2) is 10.7. The third-order valence-electron chi connectivity index (χ3n) is 6.64. The average molecular weight is 444 g/mol. The number of carbonyl (C=O) groups is 2.